The molecular formula is C17H16N4O. The first-order valence-corrected chi connectivity index (χ1v) is 7.04. The van der Waals surface area contributed by atoms with Crippen molar-refractivity contribution in [2.75, 3.05) is 0 Å². The smallest absolute Gasteiger partial charge is 0.247 e. The van der Waals surface area contributed by atoms with Gasteiger partial charge in [-0.25, -0.2) is 10.4 Å². The van der Waals surface area contributed by atoms with Crippen LogP contribution in [0.25, 0.3) is 11.0 Å². The first-order valence-electron chi connectivity index (χ1n) is 7.04. The molecule has 1 aromatic heterocycles. The van der Waals surface area contributed by atoms with Crippen LogP contribution in [0.3, 0.4) is 0 Å². The van der Waals surface area contributed by atoms with Gasteiger partial charge in [-0.1, -0.05) is 42.5 Å². The summed E-state index contributed by atoms with van der Waals surface area (Å²) >= 11 is 0. The maximum Gasteiger partial charge on any atom is 0.247 e. The fourth-order valence-corrected chi connectivity index (χ4v) is 2.17. The largest absolute Gasteiger partial charge is 0.342 e. The maximum absolute atomic E-state index is 11.9. The summed E-state index contributed by atoms with van der Waals surface area (Å²) < 4.78 is 0. The zero-order chi connectivity index (χ0) is 15.4. The number of nitrogens with one attached hydrogen (secondary N) is 2. The minimum atomic E-state index is -0.200. The summed E-state index contributed by atoms with van der Waals surface area (Å²) in [5, 5.41) is 4.12. The van der Waals surface area contributed by atoms with E-state index in [1.165, 1.54) is 0 Å². The lowest BCUT2D eigenvalue weighted by Gasteiger charge is -2.01. The Balaban J connectivity index is 1.65. The van der Waals surface area contributed by atoms with Crippen molar-refractivity contribution >= 4 is 22.7 Å². The van der Waals surface area contributed by atoms with E-state index in [1.807, 2.05) is 61.5 Å². The summed E-state index contributed by atoms with van der Waals surface area (Å²) in [5.41, 5.74) is 6.08. The van der Waals surface area contributed by atoms with Crippen molar-refractivity contribution in [2.24, 2.45) is 5.10 Å². The predicted octanol–water partition coefficient (Wildman–Crippen LogP) is 2.65. The summed E-state index contributed by atoms with van der Waals surface area (Å²) in [4.78, 5) is 19.4. The molecule has 0 aliphatic carbocycles. The third-order valence-corrected chi connectivity index (χ3v) is 3.31. The van der Waals surface area contributed by atoms with Crippen molar-refractivity contribution in [1.82, 2.24) is 15.4 Å². The van der Waals surface area contributed by atoms with Gasteiger partial charge in [0.2, 0.25) is 5.91 Å². The van der Waals surface area contributed by atoms with E-state index in [9.17, 15) is 4.79 Å². The molecule has 5 nitrogen and oxygen atoms in total. The monoisotopic (exact) mass is 292 g/mol. The average molecular weight is 292 g/mol. The Hall–Kier alpha value is -2.95. The van der Waals surface area contributed by atoms with E-state index >= 15 is 0 Å². The number of aromatic nitrogens is 2. The third-order valence-electron chi connectivity index (χ3n) is 3.31. The van der Waals surface area contributed by atoms with E-state index in [2.05, 4.69) is 20.5 Å². The van der Waals surface area contributed by atoms with Gasteiger partial charge in [-0.05, 0) is 24.6 Å². The number of benzene rings is 2. The van der Waals surface area contributed by atoms with Gasteiger partial charge in [0.05, 0.1) is 23.2 Å². The Kier molecular flexibility index (Phi) is 3.96. The Morgan fingerprint density at radius 2 is 1.86 bits per heavy atom. The molecule has 0 saturated carbocycles. The van der Waals surface area contributed by atoms with Crippen LogP contribution in [-0.2, 0) is 11.2 Å². The molecule has 110 valence electrons. The van der Waals surface area contributed by atoms with Gasteiger partial charge in [0, 0.05) is 0 Å². The lowest BCUT2D eigenvalue weighted by molar-refractivity contribution is -0.120. The Morgan fingerprint density at radius 3 is 2.64 bits per heavy atom. The lowest BCUT2D eigenvalue weighted by atomic mass is 10.1. The van der Waals surface area contributed by atoms with Crippen LogP contribution in [0.4, 0.5) is 0 Å². The van der Waals surface area contributed by atoms with E-state index in [0.29, 0.717) is 5.82 Å². The van der Waals surface area contributed by atoms with E-state index in [4.69, 9.17) is 0 Å². The molecule has 0 unspecified atom stereocenters. The SMILES string of the molecule is CC(=NNC(=O)Cc1nc2ccccc2[nH]1)c1ccccc1. The zero-order valence-corrected chi connectivity index (χ0v) is 12.2. The van der Waals surface area contributed by atoms with Crippen molar-refractivity contribution in [3.05, 3.63) is 66.0 Å². The first-order chi connectivity index (χ1) is 10.7. The highest BCUT2D eigenvalue weighted by molar-refractivity contribution is 5.99. The molecule has 0 radical (unpaired) electrons. The van der Waals surface area contributed by atoms with E-state index in [-0.39, 0.29) is 12.3 Å². The molecule has 0 fully saturated rings. The fourth-order valence-electron chi connectivity index (χ4n) is 2.17. The molecule has 2 aromatic carbocycles. The summed E-state index contributed by atoms with van der Waals surface area (Å²) in [6.45, 7) is 1.86. The van der Waals surface area contributed by atoms with Crippen LogP contribution < -0.4 is 5.43 Å². The second kappa shape index (κ2) is 6.22. The van der Waals surface area contributed by atoms with Gasteiger partial charge in [0.1, 0.15) is 5.82 Å². The Labute approximate surface area is 128 Å². The van der Waals surface area contributed by atoms with E-state index in [0.717, 1.165) is 22.3 Å². The molecule has 3 rings (SSSR count). The second-order valence-corrected chi connectivity index (χ2v) is 4.98. The molecule has 5 heteroatoms. The minimum Gasteiger partial charge on any atom is -0.342 e. The number of hydrogen-bond donors (Lipinski definition) is 2. The number of hydrogen-bond acceptors (Lipinski definition) is 3. The normalized spacial score (nSPS) is 11.6. The van der Waals surface area contributed by atoms with Crippen LogP contribution in [0, 0.1) is 0 Å². The molecule has 0 spiro atoms. The fraction of sp³-hybridized carbons (Fsp3) is 0.118. The standard InChI is InChI=1S/C17H16N4O/c1-12(13-7-3-2-4-8-13)20-21-17(22)11-16-18-14-9-5-6-10-15(14)19-16/h2-10H,11H2,1H3,(H,18,19)(H,21,22). The number of carbonyl (C=O) groups excluding carboxylic acids is 1. The van der Waals surface area contributed by atoms with Gasteiger partial charge >= 0.3 is 0 Å². The zero-order valence-electron chi connectivity index (χ0n) is 12.2. The number of imidazole rings is 1. The average Bonchev–Trinajstić information content (AvgIpc) is 2.95. The van der Waals surface area contributed by atoms with Gasteiger partial charge in [-0.3, -0.25) is 4.79 Å². The van der Waals surface area contributed by atoms with Crippen molar-refractivity contribution in [2.45, 2.75) is 13.3 Å². The lowest BCUT2D eigenvalue weighted by Crippen LogP contribution is -2.21. The van der Waals surface area contributed by atoms with Crippen molar-refractivity contribution in [1.29, 1.82) is 0 Å². The number of para-hydroxylation sites is 2. The molecule has 0 bridgehead atoms. The maximum atomic E-state index is 11.9. The quantitative estimate of drug-likeness (QED) is 0.573. The molecule has 0 saturated heterocycles. The summed E-state index contributed by atoms with van der Waals surface area (Å²) in [6, 6.07) is 17.4. The molecule has 0 aliphatic rings. The number of aromatic amines is 1. The van der Waals surface area contributed by atoms with Crippen molar-refractivity contribution < 1.29 is 4.79 Å². The van der Waals surface area contributed by atoms with Crippen LogP contribution in [0.5, 0.6) is 0 Å². The third kappa shape index (κ3) is 3.20. The number of rotatable bonds is 4. The molecule has 0 aliphatic heterocycles. The van der Waals surface area contributed by atoms with E-state index in [1.54, 1.807) is 0 Å². The van der Waals surface area contributed by atoms with Crippen molar-refractivity contribution in [3.8, 4) is 0 Å². The Bertz CT molecular complexity index is 788. The second-order valence-electron chi connectivity index (χ2n) is 4.98. The highest BCUT2D eigenvalue weighted by Gasteiger charge is 2.07. The van der Waals surface area contributed by atoms with Gasteiger partial charge in [0.25, 0.3) is 0 Å². The summed E-state index contributed by atoms with van der Waals surface area (Å²) in [7, 11) is 0. The van der Waals surface area contributed by atoms with E-state index < -0.39 is 0 Å². The van der Waals surface area contributed by atoms with Gasteiger partial charge in [-0.2, -0.15) is 5.10 Å². The van der Waals surface area contributed by atoms with Gasteiger partial charge < -0.3 is 4.98 Å². The first kappa shape index (κ1) is 14.0. The predicted molar refractivity (Wildman–Crippen MR) is 86.6 cm³/mol. The van der Waals surface area contributed by atoms with Crippen LogP contribution in [0.1, 0.15) is 18.3 Å². The van der Waals surface area contributed by atoms with Crippen LogP contribution >= 0.6 is 0 Å². The van der Waals surface area contributed by atoms with Crippen LogP contribution in [-0.4, -0.2) is 21.6 Å². The Morgan fingerprint density at radius 1 is 1.14 bits per heavy atom. The van der Waals surface area contributed by atoms with Crippen LogP contribution in [0.2, 0.25) is 0 Å². The molecule has 1 heterocycles. The molecule has 1 amide bonds. The number of amides is 1. The summed E-state index contributed by atoms with van der Waals surface area (Å²) in [6.07, 6.45) is 0.167. The van der Waals surface area contributed by atoms with Gasteiger partial charge in [-0.15, -0.1) is 0 Å². The molecule has 3 aromatic rings. The molecule has 2 N–H and O–H groups in total. The molecular weight excluding hydrogens is 276 g/mol. The highest BCUT2D eigenvalue weighted by atomic mass is 16.2. The van der Waals surface area contributed by atoms with Crippen molar-refractivity contribution in [3.63, 3.8) is 0 Å². The number of fused-ring (bicyclic) bond motifs is 1. The highest BCUT2D eigenvalue weighted by Crippen LogP contribution is 2.10. The minimum absolute atomic E-state index is 0.167. The number of nitrogens with zero attached hydrogens (tertiary/aromatic N) is 2. The number of hydrazone groups is 1. The number of carbonyl (C=O) groups is 1. The number of H-pyrrole nitrogens is 1. The molecule has 0 atom stereocenters. The van der Waals surface area contributed by atoms with Gasteiger partial charge in [0.15, 0.2) is 0 Å². The topological polar surface area (TPSA) is 70.1 Å². The summed E-state index contributed by atoms with van der Waals surface area (Å²) in [5.74, 6) is 0.431. The van der Waals surface area contributed by atoms with Crippen LogP contribution in [0.15, 0.2) is 59.7 Å². The molecule has 22 heavy (non-hydrogen) atoms.